The molecule has 3 atom stereocenters. The topological polar surface area (TPSA) is 26.3 Å². The first-order valence-corrected chi connectivity index (χ1v) is 9.48. The van der Waals surface area contributed by atoms with Crippen LogP contribution in [0.1, 0.15) is 33.1 Å². The van der Waals surface area contributed by atoms with E-state index in [1.807, 2.05) is 0 Å². The Morgan fingerprint density at radius 2 is 0.917 bits per heavy atom. The molecule has 1 aliphatic rings. The fourth-order valence-corrected chi connectivity index (χ4v) is 3.12. The van der Waals surface area contributed by atoms with E-state index in [0.29, 0.717) is 0 Å². The highest BCUT2D eigenvalue weighted by Gasteiger charge is 2.96. The molecule has 36 heavy (non-hydrogen) atoms. The third-order valence-electron chi connectivity index (χ3n) is 5.80. The average Bonchev–Trinajstić information content (AvgIpc) is 2.68. The normalized spacial score (nSPS) is 24.0. The summed E-state index contributed by atoms with van der Waals surface area (Å²) in [5.41, 5.74) is 0. The molecule has 0 heterocycles. The van der Waals surface area contributed by atoms with Gasteiger partial charge in [-0.05, 0) is 31.1 Å². The fraction of sp³-hybridized carbons (Fsp3) is 0.941. The fourth-order valence-electron chi connectivity index (χ4n) is 3.12. The maximum Gasteiger partial charge on any atom is 0.460 e. The zero-order valence-electron chi connectivity index (χ0n) is 17.6. The Kier molecular flexibility index (Phi) is 8.02. The molecule has 0 saturated heterocycles. The zero-order chi connectivity index (χ0) is 29.1. The summed E-state index contributed by atoms with van der Waals surface area (Å²) in [5, 5.41) is 0. The van der Waals surface area contributed by atoms with Crippen molar-refractivity contribution in [3.63, 3.8) is 0 Å². The van der Waals surface area contributed by atoms with Gasteiger partial charge in [0.1, 0.15) is 6.10 Å². The van der Waals surface area contributed by atoms with Crippen molar-refractivity contribution in [2.45, 2.75) is 86.8 Å². The Bertz CT molecular complexity index is 816. The minimum absolute atomic E-state index is 0.101. The van der Waals surface area contributed by atoms with E-state index in [9.17, 15) is 79.4 Å². The number of carbonyl (C=O) groups is 1. The molecule has 0 aromatic heterocycles. The van der Waals surface area contributed by atoms with Gasteiger partial charge in [-0.2, -0.15) is 74.6 Å². The molecular formula is C17H15F17O2. The lowest BCUT2D eigenvalue weighted by molar-refractivity contribution is -0.460. The molecule has 0 N–H and O–H groups in total. The van der Waals surface area contributed by atoms with Gasteiger partial charge in [0.2, 0.25) is 0 Å². The number of esters is 1. The summed E-state index contributed by atoms with van der Waals surface area (Å²) >= 11 is 0. The Hall–Kier alpha value is -1.72. The van der Waals surface area contributed by atoms with Crippen molar-refractivity contribution >= 4 is 5.97 Å². The lowest BCUT2D eigenvalue weighted by Crippen LogP contribution is -2.75. The second-order valence-corrected chi connectivity index (χ2v) is 8.31. The molecule has 0 spiro atoms. The summed E-state index contributed by atoms with van der Waals surface area (Å²) in [6.07, 6.45) is -10.1. The SMILES string of the molecule is C[C@@H]1CC[C@@H](OC(=O)C(F)(F)C(F)(F)C(F)(F)C(F)(F)C(F)(F)C(F)(F)C(F)(F)C(F)(F)F)C[C@@H]1C. The van der Waals surface area contributed by atoms with Gasteiger partial charge >= 0.3 is 53.6 Å². The first kappa shape index (κ1) is 32.3. The van der Waals surface area contributed by atoms with E-state index in [1.54, 1.807) is 6.92 Å². The lowest BCUT2D eigenvalue weighted by atomic mass is 9.80. The Morgan fingerprint density at radius 3 is 1.28 bits per heavy atom. The molecule has 1 aliphatic carbocycles. The number of carbonyl (C=O) groups excluding carboxylic acids is 1. The highest BCUT2D eigenvalue weighted by Crippen LogP contribution is 2.64. The third kappa shape index (κ3) is 4.45. The molecule has 1 saturated carbocycles. The molecule has 0 bridgehead atoms. The molecule has 0 aliphatic heterocycles. The first-order valence-electron chi connectivity index (χ1n) is 9.48. The number of hydrogen-bond acceptors (Lipinski definition) is 2. The number of hydrogen-bond donors (Lipinski definition) is 0. The standard InChI is InChI=1S/C17H15F17O2/c1-6-3-4-8(5-7(6)2)36-9(35)10(18,19)11(20,21)12(22,23)13(24,25)14(26,27)15(28,29)16(30,31)17(32,33)34/h6-8H,3-5H2,1-2H3/t6-,7+,8-/m1/s1. The highest BCUT2D eigenvalue weighted by atomic mass is 19.4. The van der Waals surface area contributed by atoms with Crippen LogP contribution >= 0.6 is 0 Å². The summed E-state index contributed by atoms with van der Waals surface area (Å²) in [7, 11) is 0. The van der Waals surface area contributed by atoms with Crippen molar-refractivity contribution in [2.75, 3.05) is 0 Å². The van der Waals surface area contributed by atoms with Gasteiger partial charge in [0.15, 0.2) is 0 Å². The maximum atomic E-state index is 13.9. The number of rotatable bonds is 8. The molecule has 1 fully saturated rings. The number of halogens is 17. The first-order chi connectivity index (χ1) is 15.6. The van der Waals surface area contributed by atoms with Crippen LogP contribution in [0, 0.1) is 11.8 Å². The van der Waals surface area contributed by atoms with Crippen LogP contribution in [0.5, 0.6) is 0 Å². The van der Waals surface area contributed by atoms with Gasteiger partial charge in [-0.1, -0.05) is 13.8 Å². The molecule has 0 radical (unpaired) electrons. The number of alkyl halides is 17. The van der Waals surface area contributed by atoms with Gasteiger partial charge in [0.25, 0.3) is 0 Å². The molecule has 2 nitrogen and oxygen atoms in total. The van der Waals surface area contributed by atoms with Gasteiger partial charge in [-0.25, -0.2) is 4.79 Å². The largest absolute Gasteiger partial charge is 0.460 e. The quantitative estimate of drug-likeness (QED) is 0.224. The predicted molar refractivity (Wildman–Crippen MR) is 82.7 cm³/mol. The molecule has 0 aromatic rings. The van der Waals surface area contributed by atoms with Crippen LogP contribution in [0.4, 0.5) is 74.6 Å². The average molecular weight is 574 g/mol. The zero-order valence-corrected chi connectivity index (χ0v) is 17.6. The van der Waals surface area contributed by atoms with Crippen LogP contribution in [0.3, 0.4) is 0 Å². The van der Waals surface area contributed by atoms with Crippen LogP contribution < -0.4 is 0 Å². The van der Waals surface area contributed by atoms with E-state index >= 15 is 0 Å². The summed E-state index contributed by atoms with van der Waals surface area (Å²) in [5.74, 6) is -62.3. The van der Waals surface area contributed by atoms with Crippen LogP contribution in [-0.4, -0.2) is 59.7 Å². The maximum absolute atomic E-state index is 13.9. The predicted octanol–water partition coefficient (Wildman–Crippen LogP) is 7.36. The molecule has 1 rings (SSSR count). The van der Waals surface area contributed by atoms with E-state index < -0.39 is 65.6 Å². The van der Waals surface area contributed by atoms with Crippen molar-refractivity contribution in [3.8, 4) is 0 Å². The van der Waals surface area contributed by atoms with Crippen LogP contribution in [0.15, 0.2) is 0 Å². The van der Waals surface area contributed by atoms with E-state index in [-0.39, 0.29) is 25.2 Å². The summed E-state index contributed by atoms with van der Waals surface area (Å²) in [4.78, 5) is 11.4. The van der Waals surface area contributed by atoms with Crippen molar-refractivity contribution in [1.82, 2.24) is 0 Å². The Balaban J connectivity index is 3.45. The molecule has 19 heteroatoms. The third-order valence-corrected chi connectivity index (χ3v) is 5.80. The van der Waals surface area contributed by atoms with Gasteiger partial charge in [0.05, 0.1) is 0 Å². The second-order valence-electron chi connectivity index (χ2n) is 8.31. The minimum atomic E-state index is -8.74. The van der Waals surface area contributed by atoms with Crippen molar-refractivity contribution in [3.05, 3.63) is 0 Å². The van der Waals surface area contributed by atoms with Gasteiger partial charge in [-0.15, -0.1) is 0 Å². The molecule has 214 valence electrons. The van der Waals surface area contributed by atoms with Crippen molar-refractivity contribution in [1.29, 1.82) is 0 Å². The lowest BCUT2D eigenvalue weighted by Gasteiger charge is -2.42. The molecule has 0 aromatic carbocycles. The summed E-state index contributed by atoms with van der Waals surface area (Å²) in [6, 6.07) is 0. The monoisotopic (exact) mass is 574 g/mol. The smallest absolute Gasteiger partial charge is 0.458 e. The van der Waals surface area contributed by atoms with E-state index in [0.717, 1.165) is 0 Å². The van der Waals surface area contributed by atoms with Crippen LogP contribution in [-0.2, 0) is 9.53 Å². The van der Waals surface area contributed by atoms with E-state index in [2.05, 4.69) is 4.74 Å². The van der Waals surface area contributed by atoms with E-state index in [1.165, 1.54) is 6.92 Å². The Morgan fingerprint density at radius 1 is 0.556 bits per heavy atom. The minimum Gasteiger partial charge on any atom is -0.458 e. The van der Waals surface area contributed by atoms with E-state index in [4.69, 9.17) is 0 Å². The molecular weight excluding hydrogens is 559 g/mol. The summed E-state index contributed by atoms with van der Waals surface area (Å²) in [6.45, 7) is 3.07. The second kappa shape index (κ2) is 8.94. The van der Waals surface area contributed by atoms with Crippen LogP contribution in [0.25, 0.3) is 0 Å². The van der Waals surface area contributed by atoms with Gasteiger partial charge < -0.3 is 4.74 Å². The highest BCUT2D eigenvalue weighted by molar-refractivity contribution is 5.79. The van der Waals surface area contributed by atoms with Crippen molar-refractivity contribution < 1.29 is 84.2 Å². The Labute approximate surface area is 190 Å². The molecule has 0 amide bonds. The van der Waals surface area contributed by atoms with Gasteiger partial charge in [-0.3, -0.25) is 0 Å². The molecule has 0 unspecified atom stereocenters. The van der Waals surface area contributed by atoms with Crippen LogP contribution in [0.2, 0.25) is 0 Å². The number of ether oxygens (including phenoxy) is 1. The van der Waals surface area contributed by atoms with Crippen molar-refractivity contribution in [2.24, 2.45) is 11.8 Å². The van der Waals surface area contributed by atoms with Gasteiger partial charge in [0, 0.05) is 0 Å². The summed E-state index contributed by atoms with van der Waals surface area (Å²) < 4.78 is 229.